The van der Waals surface area contributed by atoms with Gasteiger partial charge in [-0.1, -0.05) is 12.1 Å². The summed E-state index contributed by atoms with van der Waals surface area (Å²) in [5.41, 5.74) is -2.00. The summed E-state index contributed by atoms with van der Waals surface area (Å²) in [4.78, 5) is 47.1. The van der Waals surface area contributed by atoms with Crippen LogP contribution in [0.3, 0.4) is 0 Å². The van der Waals surface area contributed by atoms with E-state index in [-0.39, 0.29) is 18.5 Å². The molecule has 2 rings (SSSR count). The van der Waals surface area contributed by atoms with Gasteiger partial charge in [0, 0.05) is 24.0 Å². The molecule has 0 aromatic heterocycles. The molecule has 1 aliphatic rings. The number of carbonyl (C=O) groups excluding carboxylic acids is 3. The lowest BCUT2D eigenvalue weighted by molar-refractivity contribution is -0.384. The number of benzene rings is 1. The lowest BCUT2D eigenvalue weighted by Crippen LogP contribution is -2.58. The molecular weight excluding hydrogens is 346 g/mol. The predicted molar refractivity (Wildman–Crippen MR) is 87.1 cm³/mol. The molecule has 0 spiro atoms. The third-order valence-corrected chi connectivity index (χ3v) is 4.90. The van der Waals surface area contributed by atoms with Crippen LogP contribution in [-0.2, 0) is 23.9 Å². The Morgan fingerprint density at radius 2 is 1.73 bits per heavy atom. The van der Waals surface area contributed by atoms with Crippen LogP contribution in [0.25, 0.3) is 0 Å². The smallest absolute Gasteiger partial charge is 0.326 e. The zero-order chi connectivity index (χ0) is 19.5. The van der Waals surface area contributed by atoms with Crippen LogP contribution in [0.4, 0.5) is 5.69 Å². The molecule has 0 aliphatic heterocycles. The minimum Gasteiger partial charge on any atom is -0.468 e. The van der Waals surface area contributed by atoms with Crippen molar-refractivity contribution in [3.8, 4) is 0 Å². The number of nitro groups is 1. The Hall–Kier alpha value is -2.81. The molecule has 3 atom stereocenters. The maximum absolute atomic E-state index is 12.6. The fourth-order valence-corrected chi connectivity index (χ4v) is 3.70. The van der Waals surface area contributed by atoms with E-state index in [2.05, 4.69) is 0 Å². The predicted octanol–water partition coefficient (Wildman–Crippen LogP) is 0.981. The van der Waals surface area contributed by atoms with Crippen LogP contribution in [0, 0.1) is 21.4 Å². The molecule has 0 unspecified atom stereocenters. The van der Waals surface area contributed by atoms with Crippen LogP contribution in [0.2, 0.25) is 0 Å². The Bertz CT molecular complexity index is 698. The van der Waals surface area contributed by atoms with Crippen LogP contribution < -0.4 is 0 Å². The third-order valence-electron chi connectivity index (χ3n) is 4.90. The summed E-state index contributed by atoms with van der Waals surface area (Å²) in [6, 6.07) is 5.13. The van der Waals surface area contributed by atoms with E-state index in [1.807, 2.05) is 0 Å². The SMILES string of the molecule is COC(=O)C1(C(=O)OC)[C@H](O)CC[C@@H](C=O)[C@@H]1c1ccc([N+](=O)[O-])cc1. The second-order valence-electron chi connectivity index (χ2n) is 6.07. The number of aliphatic hydroxyl groups is 1. The minimum atomic E-state index is -2.14. The van der Waals surface area contributed by atoms with E-state index in [0.29, 0.717) is 11.8 Å². The van der Waals surface area contributed by atoms with E-state index in [9.17, 15) is 29.6 Å². The minimum absolute atomic E-state index is 0.0249. The number of aliphatic hydroxyl groups excluding tert-OH is 1. The Labute approximate surface area is 149 Å². The summed E-state index contributed by atoms with van der Waals surface area (Å²) in [6.07, 6.45) is -0.559. The summed E-state index contributed by atoms with van der Waals surface area (Å²) in [7, 11) is 2.13. The van der Waals surface area contributed by atoms with Crippen molar-refractivity contribution in [2.24, 2.45) is 11.3 Å². The molecule has 1 fully saturated rings. The van der Waals surface area contributed by atoms with Crippen molar-refractivity contribution < 1.29 is 33.9 Å². The fraction of sp³-hybridized carbons (Fsp3) is 0.471. The summed E-state index contributed by atoms with van der Waals surface area (Å²) < 4.78 is 9.54. The van der Waals surface area contributed by atoms with Gasteiger partial charge in [0.15, 0.2) is 5.41 Å². The quantitative estimate of drug-likeness (QED) is 0.268. The van der Waals surface area contributed by atoms with Gasteiger partial charge in [0.05, 0.1) is 25.2 Å². The van der Waals surface area contributed by atoms with Crippen LogP contribution in [-0.4, -0.2) is 48.6 Å². The van der Waals surface area contributed by atoms with Crippen molar-refractivity contribution in [1.82, 2.24) is 0 Å². The molecule has 0 amide bonds. The first-order chi connectivity index (χ1) is 12.3. The molecule has 0 saturated heterocycles. The first-order valence-corrected chi connectivity index (χ1v) is 7.89. The summed E-state index contributed by atoms with van der Waals surface area (Å²) in [5.74, 6) is -3.90. The number of rotatable bonds is 5. The van der Waals surface area contributed by atoms with Gasteiger partial charge in [-0.25, -0.2) is 0 Å². The van der Waals surface area contributed by atoms with Gasteiger partial charge in [0.2, 0.25) is 0 Å². The monoisotopic (exact) mass is 365 g/mol. The van der Waals surface area contributed by atoms with Gasteiger partial charge < -0.3 is 19.4 Å². The maximum atomic E-state index is 12.6. The molecule has 26 heavy (non-hydrogen) atoms. The molecule has 0 heterocycles. The third kappa shape index (κ3) is 2.94. The number of esters is 2. The highest BCUT2D eigenvalue weighted by atomic mass is 16.6. The largest absolute Gasteiger partial charge is 0.468 e. The summed E-state index contributed by atoms with van der Waals surface area (Å²) in [6.45, 7) is 0. The number of nitrogens with zero attached hydrogens (tertiary/aromatic N) is 1. The Balaban J connectivity index is 2.70. The number of hydrogen-bond acceptors (Lipinski definition) is 8. The number of carbonyl (C=O) groups is 3. The Kier molecular flexibility index (Phi) is 5.71. The summed E-state index contributed by atoms with van der Waals surface area (Å²) >= 11 is 0. The molecule has 9 nitrogen and oxygen atoms in total. The number of nitro benzene ring substituents is 1. The van der Waals surface area contributed by atoms with Crippen molar-refractivity contribution >= 4 is 23.9 Å². The molecule has 1 saturated carbocycles. The molecule has 0 bridgehead atoms. The topological polar surface area (TPSA) is 133 Å². The molecule has 0 radical (unpaired) electrons. The number of ether oxygens (including phenoxy) is 2. The zero-order valence-electron chi connectivity index (χ0n) is 14.3. The standard InChI is InChI=1S/C17H19NO8/c1-25-15(21)17(16(22)26-2)13(20)8-5-11(9-19)14(17)10-3-6-12(7-4-10)18(23)24/h3-4,6-7,9,11,13-14,20H,5,8H2,1-2H3/t11-,13+,14-/m0/s1. The van der Waals surface area contributed by atoms with Crippen molar-refractivity contribution in [1.29, 1.82) is 0 Å². The van der Waals surface area contributed by atoms with Crippen molar-refractivity contribution in [3.63, 3.8) is 0 Å². The van der Waals surface area contributed by atoms with E-state index in [4.69, 9.17) is 9.47 Å². The van der Waals surface area contributed by atoms with Crippen LogP contribution in [0.5, 0.6) is 0 Å². The highest BCUT2D eigenvalue weighted by molar-refractivity contribution is 6.02. The fourth-order valence-electron chi connectivity index (χ4n) is 3.70. The highest BCUT2D eigenvalue weighted by Gasteiger charge is 2.64. The van der Waals surface area contributed by atoms with E-state index < -0.39 is 40.2 Å². The first kappa shape index (κ1) is 19.5. The summed E-state index contributed by atoms with van der Waals surface area (Å²) in [5, 5.41) is 21.4. The van der Waals surface area contributed by atoms with Crippen molar-refractivity contribution in [2.75, 3.05) is 14.2 Å². The highest BCUT2D eigenvalue weighted by Crippen LogP contribution is 2.51. The number of non-ortho nitro benzene ring substituents is 1. The van der Waals surface area contributed by atoms with Gasteiger partial charge >= 0.3 is 11.9 Å². The Morgan fingerprint density at radius 1 is 1.19 bits per heavy atom. The molecular formula is C17H19NO8. The van der Waals surface area contributed by atoms with E-state index >= 15 is 0 Å². The normalized spacial score (nSPS) is 24.3. The van der Waals surface area contributed by atoms with Gasteiger partial charge in [-0.15, -0.1) is 0 Å². The maximum Gasteiger partial charge on any atom is 0.326 e. The first-order valence-electron chi connectivity index (χ1n) is 7.89. The van der Waals surface area contributed by atoms with Crippen LogP contribution in [0.1, 0.15) is 24.3 Å². The van der Waals surface area contributed by atoms with Gasteiger partial charge in [-0.3, -0.25) is 19.7 Å². The molecule has 1 N–H and O–H groups in total. The van der Waals surface area contributed by atoms with Gasteiger partial charge in [0.25, 0.3) is 5.69 Å². The van der Waals surface area contributed by atoms with Crippen molar-refractivity contribution in [2.45, 2.75) is 24.9 Å². The lowest BCUT2D eigenvalue weighted by Gasteiger charge is -2.45. The van der Waals surface area contributed by atoms with Crippen LogP contribution >= 0.6 is 0 Å². The van der Waals surface area contributed by atoms with E-state index in [1.54, 1.807) is 0 Å². The van der Waals surface area contributed by atoms with E-state index in [0.717, 1.165) is 14.2 Å². The zero-order valence-corrected chi connectivity index (χ0v) is 14.3. The molecule has 9 heteroatoms. The lowest BCUT2D eigenvalue weighted by atomic mass is 9.58. The van der Waals surface area contributed by atoms with Crippen molar-refractivity contribution in [3.05, 3.63) is 39.9 Å². The van der Waals surface area contributed by atoms with Gasteiger partial charge in [0.1, 0.15) is 6.29 Å². The second kappa shape index (κ2) is 7.61. The second-order valence-corrected chi connectivity index (χ2v) is 6.07. The number of aldehydes is 1. The van der Waals surface area contributed by atoms with Crippen LogP contribution in [0.15, 0.2) is 24.3 Å². The molecule has 140 valence electrons. The average Bonchev–Trinajstić information content (AvgIpc) is 2.66. The molecule has 1 aromatic rings. The molecule has 1 aromatic carbocycles. The Morgan fingerprint density at radius 3 is 2.15 bits per heavy atom. The number of methoxy groups -OCH3 is 2. The molecule has 1 aliphatic carbocycles. The van der Waals surface area contributed by atoms with Gasteiger partial charge in [-0.05, 0) is 18.4 Å². The number of hydrogen-bond donors (Lipinski definition) is 1. The van der Waals surface area contributed by atoms with Gasteiger partial charge in [-0.2, -0.15) is 0 Å². The van der Waals surface area contributed by atoms with E-state index in [1.165, 1.54) is 24.3 Å². The average molecular weight is 365 g/mol.